The summed E-state index contributed by atoms with van der Waals surface area (Å²) in [5.74, 6) is 0.344. The van der Waals surface area contributed by atoms with Gasteiger partial charge in [-0.25, -0.2) is 4.98 Å². The number of rotatable bonds is 4. The van der Waals surface area contributed by atoms with Crippen LogP contribution in [0.5, 0.6) is 0 Å². The maximum atomic E-state index is 9.37. The van der Waals surface area contributed by atoms with Crippen LogP contribution in [0.25, 0.3) is 10.4 Å². The van der Waals surface area contributed by atoms with E-state index in [2.05, 4.69) is 16.4 Å². The molecular weight excluding hydrogens is 274 g/mol. The number of aliphatic hydroxyl groups excluding tert-OH is 1. The maximum absolute atomic E-state index is 9.37. The van der Waals surface area contributed by atoms with Crippen LogP contribution in [0, 0.1) is 22.7 Å². The molecule has 0 unspecified atom stereocenters. The van der Waals surface area contributed by atoms with Crippen molar-refractivity contribution in [1.29, 1.82) is 10.5 Å². The molecule has 7 heteroatoms. The van der Waals surface area contributed by atoms with Crippen LogP contribution in [0.15, 0.2) is 17.5 Å². The lowest BCUT2D eigenvalue weighted by Crippen LogP contribution is -2.11. The molecule has 20 heavy (non-hydrogen) atoms. The first-order valence-corrected chi connectivity index (χ1v) is 6.63. The van der Waals surface area contributed by atoms with E-state index < -0.39 is 0 Å². The third kappa shape index (κ3) is 2.41. The fourth-order valence-corrected chi connectivity index (χ4v) is 2.58. The minimum Gasteiger partial charge on any atom is -0.395 e. The van der Waals surface area contributed by atoms with Gasteiger partial charge in [0, 0.05) is 17.0 Å². The highest BCUT2D eigenvalue weighted by Crippen LogP contribution is 2.36. The molecule has 0 bridgehead atoms. The van der Waals surface area contributed by atoms with Crippen molar-refractivity contribution in [3.05, 3.63) is 28.6 Å². The van der Waals surface area contributed by atoms with Crippen molar-refractivity contribution in [1.82, 2.24) is 4.98 Å². The lowest BCUT2D eigenvalue weighted by molar-refractivity contribution is 0.311. The number of hydrogen-bond donors (Lipinski definition) is 3. The van der Waals surface area contributed by atoms with E-state index in [1.165, 1.54) is 11.3 Å². The van der Waals surface area contributed by atoms with E-state index >= 15 is 0 Å². The lowest BCUT2D eigenvalue weighted by Gasteiger charge is -2.12. The molecule has 4 N–H and O–H groups in total. The highest BCUT2D eigenvalue weighted by molar-refractivity contribution is 7.13. The SMILES string of the molecule is N#Cc1c(N)nc(NCCO)c(C#N)c1-c1cccs1. The number of aliphatic hydroxyl groups is 1. The predicted molar refractivity (Wildman–Crippen MR) is 77.0 cm³/mol. The standard InChI is InChI=1S/C13H11N5OS/c14-6-8-11(10-2-1-5-20-10)9(7-15)13(17-3-4-19)18-12(8)16/h1-2,5,19H,3-4H2,(H3,16,17,18). The fourth-order valence-electron chi connectivity index (χ4n) is 1.80. The van der Waals surface area contributed by atoms with Crippen LogP contribution in [0.1, 0.15) is 11.1 Å². The van der Waals surface area contributed by atoms with Gasteiger partial charge in [-0.15, -0.1) is 11.3 Å². The number of nitrogens with two attached hydrogens (primary N) is 1. The number of nitrogen functional groups attached to an aromatic ring is 1. The first-order valence-electron chi connectivity index (χ1n) is 5.75. The van der Waals surface area contributed by atoms with Crippen molar-refractivity contribution in [2.75, 3.05) is 24.2 Å². The zero-order valence-electron chi connectivity index (χ0n) is 10.4. The van der Waals surface area contributed by atoms with Crippen molar-refractivity contribution in [2.45, 2.75) is 0 Å². The molecule has 0 atom stereocenters. The number of anilines is 2. The predicted octanol–water partition coefficient (Wildman–Crippen LogP) is 1.54. The van der Waals surface area contributed by atoms with Gasteiger partial charge in [0.2, 0.25) is 0 Å². The van der Waals surface area contributed by atoms with Crippen LogP contribution in [0.3, 0.4) is 0 Å². The molecule has 0 fully saturated rings. The van der Waals surface area contributed by atoms with E-state index in [1.54, 1.807) is 0 Å². The molecule has 2 aromatic rings. The van der Waals surface area contributed by atoms with Crippen molar-refractivity contribution in [3.8, 4) is 22.6 Å². The first kappa shape index (κ1) is 13.8. The van der Waals surface area contributed by atoms with E-state index in [9.17, 15) is 10.5 Å². The fraction of sp³-hybridized carbons (Fsp3) is 0.154. The monoisotopic (exact) mass is 285 g/mol. The van der Waals surface area contributed by atoms with Gasteiger partial charge in [0.1, 0.15) is 34.9 Å². The molecule has 0 aliphatic carbocycles. The second-order valence-electron chi connectivity index (χ2n) is 3.82. The Balaban J connectivity index is 2.72. The quantitative estimate of drug-likeness (QED) is 0.784. The summed E-state index contributed by atoms with van der Waals surface area (Å²) in [5, 5.41) is 32.2. The smallest absolute Gasteiger partial charge is 0.147 e. The first-order chi connectivity index (χ1) is 9.72. The molecule has 2 aromatic heterocycles. The largest absolute Gasteiger partial charge is 0.395 e. The Morgan fingerprint density at radius 3 is 2.65 bits per heavy atom. The Labute approximate surface area is 119 Å². The Kier molecular flexibility index (Phi) is 4.16. The van der Waals surface area contributed by atoms with Gasteiger partial charge >= 0.3 is 0 Å². The van der Waals surface area contributed by atoms with Gasteiger partial charge in [-0.2, -0.15) is 10.5 Å². The van der Waals surface area contributed by atoms with Crippen LogP contribution in [0.4, 0.5) is 11.6 Å². The zero-order chi connectivity index (χ0) is 14.5. The van der Waals surface area contributed by atoms with Gasteiger partial charge in [0.25, 0.3) is 0 Å². The second-order valence-corrected chi connectivity index (χ2v) is 4.77. The summed E-state index contributed by atoms with van der Waals surface area (Å²) >= 11 is 1.41. The van der Waals surface area contributed by atoms with Gasteiger partial charge in [-0.1, -0.05) is 6.07 Å². The lowest BCUT2D eigenvalue weighted by atomic mass is 10.0. The summed E-state index contributed by atoms with van der Waals surface area (Å²) in [6.45, 7) is 0.150. The second kappa shape index (κ2) is 6.02. The van der Waals surface area contributed by atoms with Crippen molar-refractivity contribution in [3.63, 3.8) is 0 Å². The summed E-state index contributed by atoms with van der Waals surface area (Å²) in [6, 6.07) is 7.71. The van der Waals surface area contributed by atoms with Gasteiger partial charge in [-0.3, -0.25) is 0 Å². The molecular formula is C13H11N5OS. The summed E-state index contributed by atoms with van der Waals surface area (Å²) < 4.78 is 0. The zero-order valence-corrected chi connectivity index (χ0v) is 11.2. The third-order valence-corrected chi connectivity index (χ3v) is 3.51. The molecule has 6 nitrogen and oxygen atoms in total. The van der Waals surface area contributed by atoms with E-state index in [0.717, 1.165) is 4.88 Å². The van der Waals surface area contributed by atoms with Crippen molar-refractivity contribution >= 4 is 23.0 Å². The number of thiophene rings is 1. The van der Waals surface area contributed by atoms with Gasteiger partial charge in [-0.05, 0) is 11.4 Å². The third-order valence-electron chi connectivity index (χ3n) is 2.62. The number of nitriles is 2. The maximum Gasteiger partial charge on any atom is 0.147 e. The Bertz CT molecular complexity index is 697. The van der Waals surface area contributed by atoms with Crippen LogP contribution in [0.2, 0.25) is 0 Å². The normalized spacial score (nSPS) is 9.75. The topological polar surface area (TPSA) is 119 Å². The minimum absolute atomic E-state index is 0.0651. The molecule has 2 rings (SSSR count). The number of hydrogen-bond acceptors (Lipinski definition) is 7. The Morgan fingerprint density at radius 1 is 1.35 bits per heavy atom. The van der Waals surface area contributed by atoms with E-state index in [0.29, 0.717) is 5.56 Å². The van der Waals surface area contributed by atoms with Gasteiger partial charge in [0.15, 0.2) is 0 Å². The van der Waals surface area contributed by atoms with E-state index in [-0.39, 0.29) is 35.9 Å². The molecule has 0 radical (unpaired) electrons. The van der Waals surface area contributed by atoms with Crippen LogP contribution in [-0.2, 0) is 0 Å². The molecule has 0 aliphatic heterocycles. The van der Waals surface area contributed by atoms with Crippen molar-refractivity contribution in [2.24, 2.45) is 0 Å². The van der Waals surface area contributed by atoms with Crippen molar-refractivity contribution < 1.29 is 5.11 Å². The Hall–Kier alpha value is -2.61. The molecule has 2 heterocycles. The van der Waals surface area contributed by atoms with Crippen LogP contribution in [-0.4, -0.2) is 23.2 Å². The highest BCUT2D eigenvalue weighted by Gasteiger charge is 2.20. The molecule has 0 saturated carbocycles. The number of aromatic nitrogens is 1. The average molecular weight is 285 g/mol. The van der Waals surface area contributed by atoms with Crippen LogP contribution < -0.4 is 11.1 Å². The molecule has 0 aromatic carbocycles. The number of nitrogens with zero attached hydrogens (tertiary/aromatic N) is 3. The molecule has 0 spiro atoms. The highest BCUT2D eigenvalue weighted by atomic mass is 32.1. The molecule has 0 saturated heterocycles. The molecule has 0 aliphatic rings. The number of pyridine rings is 1. The van der Waals surface area contributed by atoms with Gasteiger partial charge < -0.3 is 16.2 Å². The minimum atomic E-state index is -0.0964. The van der Waals surface area contributed by atoms with Crippen LogP contribution >= 0.6 is 11.3 Å². The summed E-state index contributed by atoms with van der Waals surface area (Å²) in [4.78, 5) is 4.82. The molecule has 100 valence electrons. The summed E-state index contributed by atoms with van der Waals surface area (Å²) in [7, 11) is 0. The molecule has 0 amide bonds. The van der Waals surface area contributed by atoms with E-state index in [4.69, 9.17) is 10.8 Å². The average Bonchev–Trinajstić information content (AvgIpc) is 2.98. The summed E-state index contributed by atoms with van der Waals surface area (Å²) in [6.07, 6.45) is 0. The van der Waals surface area contributed by atoms with Gasteiger partial charge in [0.05, 0.1) is 6.61 Å². The number of nitrogens with one attached hydrogen (secondary N) is 1. The van der Waals surface area contributed by atoms with E-state index in [1.807, 2.05) is 23.6 Å². The summed E-state index contributed by atoms with van der Waals surface area (Å²) in [5.41, 5.74) is 6.73. The Morgan fingerprint density at radius 2 is 2.10 bits per heavy atom.